The number of hydrogen-bond donors (Lipinski definition) is 2. The van der Waals surface area contributed by atoms with Crippen LogP contribution in [0.2, 0.25) is 0 Å². The van der Waals surface area contributed by atoms with Crippen LogP contribution in [0.3, 0.4) is 0 Å². The average Bonchev–Trinajstić information content (AvgIpc) is 3.91. The van der Waals surface area contributed by atoms with Crippen LogP contribution in [0.4, 0.5) is 5.82 Å². The minimum Gasteiger partial charge on any atom is -0.460 e. The van der Waals surface area contributed by atoms with Crippen LogP contribution in [0.5, 0.6) is 0 Å². The highest BCUT2D eigenvalue weighted by atomic mass is 16.5. The molecule has 3 aromatic heterocycles. The maximum atomic E-state index is 13.6. The number of benzene rings is 1. The van der Waals surface area contributed by atoms with Gasteiger partial charge in [0.2, 0.25) is 0 Å². The lowest BCUT2D eigenvalue weighted by molar-refractivity contribution is -0.177. The van der Waals surface area contributed by atoms with Crippen molar-refractivity contribution in [1.29, 1.82) is 0 Å². The van der Waals surface area contributed by atoms with Gasteiger partial charge in [0.15, 0.2) is 17.0 Å². The third-order valence-electron chi connectivity index (χ3n) is 12.9. The van der Waals surface area contributed by atoms with Crippen LogP contribution in [0.25, 0.3) is 22.4 Å². The van der Waals surface area contributed by atoms with E-state index >= 15 is 0 Å². The quantitative estimate of drug-likeness (QED) is 0.232. The lowest BCUT2D eigenvalue weighted by atomic mass is 9.55. The SMILES string of the molecule is CCC(C)[C@]1(C)[C@@H]2C(=O)CCC2[C@@H](C)[C@H](O)[C@@H](C)C[C@H]1OC(=O)Cn1cc(-c2ccc([C@@H](C)n3cnc4c(N5CCNCC5)ncnc43)cc2)nn1. The average molecular weight is 712 g/mol. The van der Waals surface area contributed by atoms with Crippen LogP contribution in [0.15, 0.2) is 43.1 Å². The number of nitrogens with one attached hydrogen (secondary N) is 1. The van der Waals surface area contributed by atoms with Crippen molar-refractivity contribution in [2.75, 3.05) is 31.1 Å². The number of hydrogen-bond acceptors (Lipinski definition) is 11. The van der Waals surface area contributed by atoms with Gasteiger partial charge in [0.25, 0.3) is 0 Å². The number of ether oxygens (including phenoxy) is 1. The number of aliphatic hydroxyl groups excluding tert-OH is 1. The van der Waals surface area contributed by atoms with Gasteiger partial charge in [-0.1, -0.05) is 70.5 Å². The first-order valence-electron chi connectivity index (χ1n) is 19.0. The molecule has 13 nitrogen and oxygen atoms in total. The normalized spacial score (nSPS) is 29.4. The number of carbonyl (C=O) groups excluding carboxylic acids is 2. The molecule has 2 N–H and O–H groups in total. The fourth-order valence-electron chi connectivity index (χ4n) is 9.35. The second-order valence-corrected chi connectivity index (χ2v) is 15.7. The second-order valence-electron chi connectivity index (χ2n) is 15.7. The molecule has 7 rings (SSSR count). The first-order chi connectivity index (χ1) is 25.0. The van der Waals surface area contributed by atoms with Gasteiger partial charge in [-0.25, -0.2) is 19.6 Å². The van der Waals surface area contributed by atoms with Gasteiger partial charge in [0, 0.05) is 49.5 Å². The van der Waals surface area contributed by atoms with Crippen LogP contribution >= 0.6 is 0 Å². The van der Waals surface area contributed by atoms with Crippen molar-refractivity contribution in [3.63, 3.8) is 0 Å². The number of aromatic nitrogens is 7. The Morgan fingerprint density at radius 3 is 2.60 bits per heavy atom. The molecular formula is C39H53N9O4. The Bertz CT molecular complexity index is 1890. The van der Waals surface area contributed by atoms with E-state index in [0.717, 1.165) is 67.1 Å². The predicted octanol–water partition coefficient (Wildman–Crippen LogP) is 4.70. The molecule has 52 heavy (non-hydrogen) atoms. The molecule has 0 bridgehead atoms. The number of piperazine rings is 1. The van der Waals surface area contributed by atoms with Gasteiger partial charge < -0.3 is 24.6 Å². The van der Waals surface area contributed by atoms with Crippen molar-refractivity contribution in [3.8, 4) is 11.3 Å². The van der Waals surface area contributed by atoms with Crippen molar-refractivity contribution in [2.24, 2.45) is 35.0 Å². The Hall–Kier alpha value is -4.23. The lowest BCUT2D eigenvalue weighted by Crippen LogP contribution is -2.54. The standard InChI is InChI=1S/C39H53N9O4/c1-7-24(3)39(6)32(18-23(2)36(51)25(4)29-12-13-31(49)34(29)39)52-33(50)20-47-19-30(44-45-47)28-10-8-27(9-11-28)26(5)48-22-43-35-37(41-21-42-38(35)48)46-16-14-40-15-17-46/h8-11,19,21-26,29,32,34,36,40,51H,7,12-18,20H2,1-6H3/t23-,24?,25+,26+,29?,32+,34-,36+,39-/m0/s1. The third-order valence-corrected chi connectivity index (χ3v) is 12.9. The lowest BCUT2D eigenvalue weighted by Gasteiger charge is -2.51. The summed E-state index contributed by atoms with van der Waals surface area (Å²) in [6.07, 6.45) is 6.80. The second kappa shape index (κ2) is 14.7. The highest BCUT2D eigenvalue weighted by molar-refractivity contribution is 5.85. The number of ketones is 1. The molecule has 1 saturated heterocycles. The number of rotatable bonds is 9. The molecular weight excluding hydrogens is 658 g/mol. The Labute approximate surface area is 305 Å². The molecule has 2 unspecified atom stereocenters. The molecule has 13 heteroatoms. The Balaban J connectivity index is 1.05. The van der Waals surface area contributed by atoms with Gasteiger partial charge >= 0.3 is 5.97 Å². The van der Waals surface area contributed by atoms with Gasteiger partial charge in [-0.05, 0) is 49.0 Å². The maximum absolute atomic E-state index is 13.6. The smallest absolute Gasteiger partial charge is 0.328 e. The summed E-state index contributed by atoms with van der Waals surface area (Å²) in [7, 11) is 0. The largest absolute Gasteiger partial charge is 0.460 e. The van der Waals surface area contributed by atoms with Crippen molar-refractivity contribution < 1.29 is 19.4 Å². The van der Waals surface area contributed by atoms with E-state index in [9.17, 15) is 14.7 Å². The Morgan fingerprint density at radius 2 is 1.87 bits per heavy atom. The molecule has 3 aliphatic rings. The van der Waals surface area contributed by atoms with Crippen LogP contribution < -0.4 is 10.2 Å². The molecule has 4 aromatic rings. The summed E-state index contributed by atoms with van der Waals surface area (Å²) < 4.78 is 9.92. The predicted molar refractivity (Wildman–Crippen MR) is 197 cm³/mol. The molecule has 0 radical (unpaired) electrons. The molecule has 278 valence electrons. The van der Waals surface area contributed by atoms with E-state index in [1.807, 2.05) is 25.4 Å². The number of anilines is 1. The third kappa shape index (κ3) is 6.50. The van der Waals surface area contributed by atoms with E-state index in [4.69, 9.17) is 9.72 Å². The number of Topliss-reactive ketones (excluding diaryl/α,β-unsaturated/α-hetero) is 1. The first-order valence-corrected chi connectivity index (χ1v) is 19.0. The van der Waals surface area contributed by atoms with Crippen LogP contribution in [-0.2, 0) is 20.9 Å². The van der Waals surface area contributed by atoms with E-state index < -0.39 is 23.6 Å². The Kier molecular flexibility index (Phi) is 10.2. The van der Waals surface area contributed by atoms with Crippen molar-refractivity contribution in [1.82, 2.24) is 39.8 Å². The number of imidazole rings is 1. The summed E-state index contributed by atoms with van der Waals surface area (Å²) >= 11 is 0. The molecule has 9 atom stereocenters. The van der Waals surface area contributed by atoms with E-state index in [2.05, 4.69) is 81.8 Å². The molecule has 1 aliphatic heterocycles. The van der Waals surface area contributed by atoms with Crippen LogP contribution in [0.1, 0.15) is 78.8 Å². The molecule has 3 fully saturated rings. The fourth-order valence-corrected chi connectivity index (χ4v) is 9.35. The zero-order chi connectivity index (χ0) is 36.7. The maximum Gasteiger partial charge on any atom is 0.328 e. The number of fused-ring (bicyclic) bond motifs is 2. The van der Waals surface area contributed by atoms with E-state index in [-0.39, 0.29) is 48.0 Å². The van der Waals surface area contributed by atoms with Crippen molar-refractivity contribution in [3.05, 3.63) is 48.7 Å². The topological polar surface area (TPSA) is 153 Å². The van der Waals surface area contributed by atoms with Crippen molar-refractivity contribution in [2.45, 2.75) is 92.0 Å². The van der Waals surface area contributed by atoms with Gasteiger partial charge in [-0.2, -0.15) is 0 Å². The summed E-state index contributed by atoms with van der Waals surface area (Å²) in [6.45, 7) is 16.2. The summed E-state index contributed by atoms with van der Waals surface area (Å²) in [4.78, 5) is 43.2. The van der Waals surface area contributed by atoms with Gasteiger partial charge in [-0.15, -0.1) is 5.10 Å². The summed E-state index contributed by atoms with van der Waals surface area (Å²) in [5, 5.41) is 23.3. The summed E-state index contributed by atoms with van der Waals surface area (Å²) in [6, 6.07) is 8.12. The number of nitrogens with zero attached hydrogens (tertiary/aromatic N) is 8. The van der Waals surface area contributed by atoms with Crippen molar-refractivity contribution >= 4 is 28.7 Å². The highest BCUT2D eigenvalue weighted by Gasteiger charge is 2.58. The molecule has 2 saturated carbocycles. The first kappa shape index (κ1) is 36.1. The highest BCUT2D eigenvalue weighted by Crippen LogP contribution is 2.55. The van der Waals surface area contributed by atoms with Gasteiger partial charge in [0.1, 0.15) is 30.5 Å². The van der Waals surface area contributed by atoms with Crippen LogP contribution in [-0.4, -0.2) is 89.8 Å². The number of aliphatic hydroxyl groups is 1. The molecule has 1 aromatic carbocycles. The van der Waals surface area contributed by atoms with Gasteiger partial charge in [-0.3, -0.25) is 9.59 Å². The van der Waals surface area contributed by atoms with E-state index in [0.29, 0.717) is 18.5 Å². The molecule has 0 amide bonds. The van der Waals surface area contributed by atoms with Gasteiger partial charge in [0.05, 0.1) is 24.7 Å². The zero-order valence-corrected chi connectivity index (χ0v) is 31.3. The fraction of sp³-hybridized carbons (Fsp3) is 0.615. The number of carbonyl (C=O) groups is 2. The Morgan fingerprint density at radius 1 is 1.12 bits per heavy atom. The molecule has 0 spiro atoms. The zero-order valence-electron chi connectivity index (χ0n) is 31.3. The summed E-state index contributed by atoms with van der Waals surface area (Å²) in [5.41, 5.74) is 3.67. The van der Waals surface area contributed by atoms with E-state index in [1.54, 1.807) is 12.5 Å². The van der Waals surface area contributed by atoms with Crippen LogP contribution in [0, 0.1) is 35.0 Å². The monoisotopic (exact) mass is 711 g/mol. The minimum atomic E-state index is -0.558. The molecule has 4 heterocycles. The molecule has 2 aliphatic carbocycles. The van der Waals surface area contributed by atoms with E-state index in [1.165, 1.54) is 4.68 Å². The number of esters is 1. The minimum absolute atomic E-state index is 0.00771. The summed E-state index contributed by atoms with van der Waals surface area (Å²) in [5.74, 6) is 0.575.